The Morgan fingerprint density at radius 1 is 1.78 bits per heavy atom. The SMILES string of the molecule is N#CC=CCCS(=O)O. The fraction of sp³-hybridized carbons (Fsp3) is 0.400. The van der Waals surface area contributed by atoms with Gasteiger partial charge in [0.15, 0.2) is 11.1 Å². The maximum atomic E-state index is 9.96. The normalized spacial score (nSPS) is 13.3. The minimum absolute atomic E-state index is 0.207. The van der Waals surface area contributed by atoms with Crippen LogP contribution in [-0.4, -0.2) is 14.5 Å². The molecule has 0 saturated carbocycles. The van der Waals surface area contributed by atoms with Crippen molar-refractivity contribution in [3.8, 4) is 6.07 Å². The van der Waals surface area contributed by atoms with Gasteiger partial charge in [0, 0.05) is 6.08 Å². The molecule has 1 N–H and O–H groups in total. The predicted octanol–water partition coefficient (Wildman–Crippen LogP) is 0.678. The Hall–Kier alpha value is -0.660. The van der Waals surface area contributed by atoms with Gasteiger partial charge >= 0.3 is 0 Å². The van der Waals surface area contributed by atoms with Gasteiger partial charge in [-0.05, 0) is 6.42 Å². The van der Waals surface area contributed by atoms with Gasteiger partial charge in [0.25, 0.3) is 0 Å². The van der Waals surface area contributed by atoms with Crippen molar-refractivity contribution in [2.75, 3.05) is 5.75 Å². The third kappa shape index (κ3) is 7.34. The van der Waals surface area contributed by atoms with Crippen molar-refractivity contribution in [2.24, 2.45) is 0 Å². The van der Waals surface area contributed by atoms with Crippen LogP contribution in [0.25, 0.3) is 0 Å². The van der Waals surface area contributed by atoms with Crippen LogP contribution in [0.2, 0.25) is 0 Å². The quantitative estimate of drug-likeness (QED) is 0.469. The molecule has 0 rings (SSSR count). The molecule has 0 bridgehead atoms. The number of rotatable bonds is 3. The lowest BCUT2D eigenvalue weighted by molar-refractivity contribution is 0.564. The Morgan fingerprint density at radius 3 is 2.89 bits per heavy atom. The lowest BCUT2D eigenvalue weighted by Gasteiger charge is -1.84. The molecule has 0 amide bonds. The van der Waals surface area contributed by atoms with Gasteiger partial charge in [-0.15, -0.1) is 0 Å². The van der Waals surface area contributed by atoms with Gasteiger partial charge in [-0.2, -0.15) is 5.26 Å². The van der Waals surface area contributed by atoms with Crippen LogP contribution in [0.5, 0.6) is 0 Å². The van der Waals surface area contributed by atoms with E-state index in [2.05, 4.69) is 0 Å². The fourth-order valence-electron chi connectivity index (χ4n) is 0.305. The molecular weight excluding hydrogens is 138 g/mol. The summed E-state index contributed by atoms with van der Waals surface area (Å²) in [7, 11) is 0. The minimum atomic E-state index is -1.73. The van der Waals surface area contributed by atoms with Crippen molar-refractivity contribution in [2.45, 2.75) is 6.42 Å². The van der Waals surface area contributed by atoms with Gasteiger partial charge in [0.1, 0.15) is 0 Å². The molecule has 0 aromatic heterocycles. The number of hydrogen-bond acceptors (Lipinski definition) is 2. The molecule has 0 aliphatic heterocycles. The van der Waals surface area contributed by atoms with Crippen LogP contribution in [0.1, 0.15) is 6.42 Å². The third-order valence-corrected chi connectivity index (χ3v) is 1.24. The van der Waals surface area contributed by atoms with Crippen LogP contribution in [0.15, 0.2) is 12.2 Å². The van der Waals surface area contributed by atoms with Crippen molar-refractivity contribution < 1.29 is 8.76 Å². The van der Waals surface area contributed by atoms with Crippen molar-refractivity contribution in [3.63, 3.8) is 0 Å². The van der Waals surface area contributed by atoms with Crippen LogP contribution in [-0.2, 0) is 11.1 Å². The number of allylic oxidation sites excluding steroid dienone is 2. The third-order valence-electron chi connectivity index (χ3n) is 0.652. The van der Waals surface area contributed by atoms with Crippen LogP contribution in [0, 0.1) is 11.3 Å². The van der Waals surface area contributed by atoms with Crippen LogP contribution in [0.3, 0.4) is 0 Å². The molecule has 0 aliphatic rings. The van der Waals surface area contributed by atoms with Crippen LogP contribution >= 0.6 is 0 Å². The first-order chi connectivity index (χ1) is 4.27. The first-order valence-corrected chi connectivity index (χ1v) is 3.67. The fourth-order valence-corrected chi connectivity index (χ4v) is 0.643. The highest BCUT2D eigenvalue weighted by Crippen LogP contribution is 1.84. The summed E-state index contributed by atoms with van der Waals surface area (Å²) in [6, 6.07) is 1.78. The summed E-state index contributed by atoms with van der Waals surface area (Å²) in [5.41, 5.74) is 0. The number of nitriles is 1. The summed E-state index contributed by atoms with van der Waals surface area (Å²) >= 11 is -1.73. The van der Waals surface area contributed by atoms with Gasteiger partial charge < -0.3 is 4.55 Å². The Kier molecular flexibility index (Phi) is 5.07. The van der Waals surface area contributed by atoms with E-state index in [1.54, 1.807) is 12.1 Å². The van der Waals surface area contributed by atoms with E-state index >= 15 is 0 Å². The monoisotopic (exact) mass is 145 g/mol. The van der Waals surface area contributed by atoms with Crippen molar-refractivity contribution >= 4 is 11.1 Å². The van der Waals surface area contributed by atoms with Gasteiger partial charge in [-0.25, -0.2) is 4.21 Å². The van der Waals surface area contributed by atoms with E-state index in [1.165, 1.54) is 6.08 Å². The van der Waals surface area contributed by atoms with Crippen LogP contribution in [0.4, 0.5) is 0 Å². The number of nitrogens with zero attached hydrogens (tertiary/aromatic N) is 1. The summed E-state index contributed by atoms with van der Waals surface area (Å²) in [5.74, 6) is 0.207. The van der Waals surface area contributed by atoms with E-state index in [0.717, 1.165) is 0 Å². The summed E-state index contributed by atoms with van der Waals surface area (Å²) in [6.45, 7) is 0. The lowest BCUT2D eigenvalue weighted by Crippen LogP contribution is -1.91. The molecule has 0 radical (unpaired) electrons. The van der Waals surface area contributed by atoms with E-state index in [1.807, 2.05) is 0 Å². The van der Waals surface area contributed by atoms with Crippen molar-refractivity contribution in [3.05, 3.63) is 12.2 Å². The largest absolute Gasteiger partial charge is 0.306 e. The average molecular weight is 145 g/mol. The van der Waals surface area contributed by atoms with Gasteiger partial charge in [-0.1, -0.05) is 6.08 Å². The molecule has 0 aromatic carbocycles. The predicted molar refractivity (Wildman–Crippen MR) is 35.0 cm³/mol. The maximum Gasteiger partial charge on any atom is 0.153 e. The van der Waals surface area contributed by atoms with E-state index < -0.39 is 11.1 Å². The second kappa shape index (κ2) is 5.48. The molecule has 0 aliphatic carbocycles. The van der Waals surface area contributed by atoms with Crippen molar-refractivity contribution in [1.82, 2.24) is 0 Å². The zero-order valence-electron chi connectivity index (χ0n) is 4.78. The Morgan fingerprint density at radius 2 is 2.44 bits per heavy atom. The van der Waals surface area contributed by atoms with Crippen LogP contribution < -0.4 is 0 Å². The summed E-state index contributed by atoms with van der Waals surface area (Å²) in [6.07, 6.45) is 3.34. The molecule has 0 aromatic rings. The molecule has 4 heteroatoms. The first-order valence-electron chi connectivity index (χ1n) is 2.39. The summed E-state index contributed by atoms with van der Waals surface area (Å²) < 4.78 is 18.2. The molecular formula is C5H7NO2S. The van der Waals surface area contributed by atoms with Gasteiger partial charge in [0.05, 0.1) is 11.8 Å². The van der Waals surface area contributed by atoms with Crippen molar-refractivity contribution in [1.29, 1.82) is 5.26 Å². The minimum Gasteiger partial charge on any atom is -0.306 e. The molecule has 3 nitrogen and oxygen atoms in total. The molecule has 0 saturated heterocycles. The topological polar surface area (TPSA) is 61.1 Å². The zero-order chi connectivity index (χ0) is 7.11. The Labute approximate surface area is 56.3 Å². The van der Waals surface area contributed by atoms with Gasteiger partial charge in [-0.3, -0.25) is 0 Å². The van der Waals surface area contributed by atoms with E-state index in [0.29, 0.717) is 6.42 Å². The number of hydrogen-bond donors (Lipinski definition) is 1. The molecule has 9 heavy (non-hydrogen) atoms. The standard InChI is InChI=1S/C5H7NO2S/c6-4-2-1-3-5-9(7)8/h1-2H,3,5H2,(H,7,8). The average Bonchev–Trinajstić information content (AvgIpc) is 1.80. The molecule has 1 unspecified atom stereocenters. The lowest BCUT2D eigenvalue weighted by atomic mass is 10.4. The second-order valence-electron chi connectivity index (χ2n) is 1.35. The maximum absolute atomic E-state index is 9.96. The van der Waals surface area contributed by atoms with E-state index in [4.69, 9.17) is 9.81 Å². The molecule has 1 atom stereocenters. The molecule has 50 valence electrons. The molecule has 0 fully saturated rings. The summed E-state index contributed by atoms with van der Waals surface area (Å²) in [5, 5.41) is 7.96. The van der Waals surface area contributed by atoms with E-state index in [9.17, 15) is 4.21 Å². The summed E-state index contributed by atoms with van der Waals surface area (Å²) in [4.78, 5) is 0. The first kappa shape index (κ1) is 8.34. The highest BCUT2D eigenvalue weighted by molar-refractivity contribution is 7.79. The Balaban J connectivity index is 3.22. The second-order valence-corrected chi connectivity index (χ2v) is 2.40. The van der Waals surface area contributed by atoms with Gasteiger partial charge in [0.2, 0.25) is 0 Å². The van der Waals surface area contributed by atoms with E-state index in [-0.39, 0.29) is 5.75 Å². The molecule has 0 spiro atoms. The molecule has 0 heterocycles. The highest BCUT2D eigenvalue weighted by atomic mass is 32.2. The Bertz CT molecular complexity index is 159. The zero-order valence-corrected chi connectivity index (χ0v) is 5.60. The highest BCUT2D eigenvalue weighted by Gasteiger charge is 1.86. The smallest absolute Gasteiger partial charge is 0.153 e.